The van der Waals surface area contributed by atoms with Crippen molar-refractivity contribution in [1.82, 2.24) is 14.5 Å². The Hall–Kier alpha value is -3.69. The van der Waals surface area contributed by atoms with Crippen LogP contribution in [0.4, 0.5) is 5.69 Å². The summed E-state index contributed by atoms with van der Waals surface area (Å²) in [5, 5.41) is 2.69. The molecule has 0 saturated carbocycles. The number of hydrogen-bond donors (Lipinski definition) is 1. The molecular formula is C30H38N4O4S. The number of amides is 2. The van der Waals surface area contributed by atoms with E-state index in [2.05, 4.69) is 5.32 Å². The highest BCUT2D eigenvalue weighted by atomic mass is 32.2. The molecule has 3 aromatic rings. The van der Waals surface area contributed by atoms with Crippen LogP contribution in [0.1, 0.15) is 27.8 Å². The Morgan fingerprint density at radius 2 is 1.46 bits per heavy atom. The van der Waals surface area contributed by atoms with Crippen molar-refractivity contribution in [1.29, 1.82) is 0 Å². The number of carbonyl (C=O) groups excluding carboxylic acids is 2. The maximum atomic E-state index is 14.1. The molecule has 0 radical (unpaired) electrons. The van der Waals surface area contributed by atoms with E-state index in [0.29, 0.717) is 5.69 Å². The fourth-order valence-corrected chi connectivity index (χ4v) is 5.41. The molecule has 2 amide bonds. The minimum atomic E-state index is -4.03. The molecule has 0 unspecified atom stereocenters. The summed E-state index contributed by atoms with van der Waals surface area (Å²) >= 11 is 0. The number of aryl methyl sites for hydroxylation is 3. The van der Waals surface area contributed by atoms with Gasteiger partial charge in [0.25, 0.3) is 0 Å². The molecule has 0 heterocycles. The molecule has 0 spiro atoms. The van der Waals surface area contributed by atoms with Crippen LogP contribution in [0.2, 0.25) is 0 Å². The Labute approximate surface area is 232 Å². The second kappa shape index (κ2) is 12.9. The van der Waals surface area contributed by atoms with Crippen molar-refractivity contribution in [2.24, 2.45) is 0 Å². The molecule has 9 heteroatoms. The van der Waals surface area contributed by atoms with Crippen molar-refractivity contribution in [2.75, 3.05) is 32.0 Å². The molecule has 0 aliphatic carbocycles. The predicted molar refractivity (Wildman–Crippen MR) is 156 cm³/mol. The minimum absolute atomic E-state index is 0.146. The molecule has 0 bridgehead atoms. The van der Waals surface area contributed by atoms with E-state index >= 15 is 0 Å². The lowest BCUT2D eigenvalue weighted by molar-refractivity contribution is -0.139. The number of benzene rings is 3. The third-order valence-corrected chi connectivity index (χ3v) is 8.45. The monoisotopic (exact) mass is 550 g/mol. The van der Waals surface area contributed by atoms with Gasteiger partial charge in [0, 0.05) is 34.1 Å². The van der Waals surface area contributed by atoms with Crippen LogP contribution in [0.3, 0.4) is 0 Å². The van der Waals surface area contributed by atoms with Crippen LogP contribution >= 0.6 is 0 Å². The predicted octanol–water partition coefficient (Wildman–Crippen LogP) is 3.61. The first kappa shape index (κ1) is 29.9. The van der Waals surface area contributed by atoms with Gasteiger partial charge in [-0.2, -0.15) is 12.7 Å². The maximum absolute atomic E-state index is 14.1. The van der Waals surface area contributed by atoms with E-state index in [-0.39, 0.29) is 18.9 Å². The van der Waals surface area contributed by atoms with Gasteiger partial charge < -0.3 is 10.2 Å². The van der Waals surface area contributed by atoms with Gasteiger partial charge in [0.05, 0.1) is 5.69 Å². The second-order valence-corrected chi connectivity index (χ2v) is 12.0. The topological polar surface area (TPSA) is 90.0 Å². The Morgan fingerprint density at radius 3 is 2.05 bits per heavy atom. The minimum Gasteiger partial charge on any atom is -0.357 e. The molecule has 1 atom stereocenters. The van der Waals surface area contributed by atoms with Gasteiger partial charge in [-0.3, -0.25) is 9.59 Å². The Morgan fingerprint density at radius 1 is 0.846 bits per heavy atom. The maximum Gasteiger partial charge on any atom is 0.304 e. The van der Waals surface area contributed by atoms with Gasteiger partial charge in [-0.15, -0.1) is 0 Å². The number of likely N-dealkylation sites (N-methyl/N-ethyl adjacent to an activating group) is 1. The quantitative estimate of drug-likeness (QED) is 0.395. The molecular weight excluding hydrogens is 512 g/mol. The molecule has 208 valence electrons. The van der Waals surface area contributed by atoms with Gasteiger partial charge in [-0.1, -0.05) is 72.3 Å². The number of anilines is 1. The van der Waals surface area contributed by atoms with Crippen molar-refractivity contribution in [3.8, 4) is 0 Å². The highest BCUT2D eigenvalue weighted by Crippen LogP contribution is 2.26. The molecule has 0 aliphatic heterocycles. The first-order valence-electron chi connectivity index (χ1n) is 12.8. The second-order valence-electron chi connectivity index (χ2n) is 9.91. The molecule has 0 fully saturated rings. The van der Waals surface area contributed by atoms with Crippen molar-refractivity contribution in [3.05, 3.63) is 101 Å². The lowest BCUT2D eigenvalue weighted by Crippen LogP contribution is -2.54. The highest BCUT2D eigenvalue weighted by Gasteiger charge is 2.34. The van der Waals surface area contributed by atoms with Gasteiger partial charge in [0.2, 0.25) is 11.8 Å². The standard InChI is InChI=1S/C30H38N4O4S/c1-22-13-16-26(17-14-22)20-33(28(30(36)31-4)19-25-10-8-7-9-11-25)29(35)21-34(39(37,38)32(5)6)27-18-23(2)12-15-24(27)3/h7-18,28H,19-21H2,1-6H3,(H,31,36)/t28-/m1/s1. The number of hydrogen-bond acceptors (Lipinski definition) is 4. The fourth-order valence-electron chi connectivity index (χ4n) is 4.30. The average Bonchev–Trinajstić information content (AvgIpc) is 2.91. The zero-order valence-corrected chi connectivity index (χ0v) is 24.3. The molecule has 3 aromatic carbocycles. The first-order chi connectivity index (χ1) is 18.4. The largest absolute Gasteiger partial charge is 0.357 e. The Kier molecular flexibility index (Phi) is 9.88. The van der Waals surface area contributed by atoms with Crippen molar-refractivity contribution >= 4 is 27.7 Å². The van der Waals surface area contributed by atoms with E-state index in [9.17, 15) is 18.0 Å². The SMILES string of the molecule is CNC(=O)[C@@H](Cc1ccccc1)N(Cc1ccc(C)cc1)C(=O)CN(c1cc(C)ccc1C)S(=O)(=O)N(C)C. The molecule has 3 rings (SSSR count). The Bertz CT molecular complexity index is 1390. The van der Waals surface area contributed by atoms with E-state index < -0.39 is 28.7 Å². The van der Waals surface area contributed by atoms with Crippen molar-refractivity contribution in [2.45, 2.75) is 39.8 Å². The third kappa shape index (κ3) is 7.46. The van der Waals surface area contributed by atoms with E-state index in [0.717, 1.165) is 36.4 Å². The van der Waals surface area contributed by atoms with Gasteiger partial charge >= 0.3 is 10.2 Å². The molecule has 0 aromatic heterocycles. The lowest BCUT2D eigenvalue weighted by atomic mass is 10.0. The third-order valence-electron chi connectivity index (χ3n) is 6.64. The lowest BCUT2D eigenvalue weighted by Gasteiger charge is -2.34. The summed E-state index contributed by atoms with van der Waals surface area (Å²) in [5.41, 5.74) is 4.81. The zero-order chi connectivity index (χ0) is 28.7. The van der Waals surface area contributed by atoms with Crippen molar-refractivity contribution in [3.63, 3.8) is 0 Å². The van der Waals surface area contributed by atoms with Crippen LogP contribution < -0.4 is 9.62 Å². The highest BCUT2D eigenvalue weighted by molar-refractivity contribution is 7.90. The molecule has 1 N–H and O–H groups in total. The summed E-state index contributed by atoms with van der Waals surface area (Å²) in [5.74, 6) is -0.806. The van der Waals surface area contributed by atoms with E-state index in [1.165, 1.54) is 26.0 Å². The summed E-state index contributed by atoms with van der Waals surface area (Å²) in [4.78, 5) is 28.8. The fraction of sp³-hybridized carbons (Fsp3) is 0.333. The van der Waals surface area contributed by atoms with Crippen LogP contribution in [0.15, 0.2) is 72.8 Å². The van der Waals surface area contributed by atoms with Gasteiger partial charge in [0.15, 0.2) is 0 Å². The van der Waals surface area contributed by atoms with Crippen LogP contribution in [0, 0.1) is 20.8 Å². The van der Waals surface area contributed by atoms with Crippen LogP contribution in [0.5, 0.6) is 0 Å². The molecule has 0 aliphatic rings. The van der Waals surface area contributed by atoms with Crippen LogP contribution in [-0.4, -0.2) is 63.2 Å². The summed E-state index contributed by atoms with van der Waals surface area (Å²) in [6, 6.07) is 21.8. The number of carbonyl (C=O) groups is 2. The van der Waals surface area contributed by atoms with Gasteiger partial charge in [-0.25, -0.2) is 4.31 Å². The smallest absolute Gasteiger partial charge is 0.304 e. The summed E-state index contributed by atoms with van der Waals surface area (Å²) in [6.45, 7) is 5.34. The number of nitrogens with zero attached hydrogens (tertiary/aromatic N) is 3. The number of rotatable bonds is 11. The summed E-state index contributed by atoms with van der Waals surface area (Å²) in [7, 11) is 0.376. The normalized spacial score (nSPS) is 12.2. The van der Waals surface area contributed by atoms with Crippen molar-refractivity contribution < 1.29 is 18.0 Å². The van der Waals surface area contributed by atoms with Gasteiger partial charge in [-0.05, 0) is 49.1 Å². The zero-order valence-electron chi connectivity index (χ0n) is 23.5. The first-order valence-corrected chi connectivity index (χ1v) is 14.2. The van der Waals surface area contributed by atoms with Gasteiger partial charge in [0.1, 0.15) is 12.6 Å². The summed E-state index contributed by atoms with van der Waals surface area (Å²) in [6.07, 6.45) is 0.280. The van der Waals surface area contributed by atoms with E-state index in [1.807, 2.05) is 87.5 Å². The number of nitrogens with one attached hydrogen (secondary N) is 1. The van der Waals surface area contributed by atoms with Crippen LogP contribution in [0.25, 0.3) is 0 Å². The Balaban J connectivity index is 2.09. The van der Waals surface area contributed by atoms with E-state index in [1.54, 1.807) is 6.07 Å². The van der Waals surface area contributed by atoms with E-state index in [4.69, 9.17) is 0 Å². The molecule has 39 heavy (non-hydrogen) atoms. The molecule has 0 saturated heterocycles. The van der Waals surface area contributed by atoms with Crippen LogP contribution in [-0.2, 0) is 32.8 Å². The summed E-state index contributed by atoms with van der Waals surface area (Å²) < 4.78 is 29.2. The average molecular weight is 551 g/mol. The molecule has 8 nitrogen and oxygen atoms in total.